The van der Waals surface area contributed by atoms with Gasteiger partial charge in [-0.05, 0) is 0 Å². The molecule has 0 atom stereocenters. The van der Waals surface area contributed by atoms with Gasteiger partial charge >= 0.3 is 26.2 Å². The summed E-state index contributed by atoms with van der Waals surface area (Å²) in [5.41, 5.74) is 0. The molecule has 0 heterocycles. The topological polar surface area (TPSA) is 51.2 Å². The van der Waals surface area contributed by atoms with Gasteiger partial charge in [0.05, 0.1) is 0 Å². The Bertz CT molecular complexity index is 325. The Labute approximate surface area is 114 Å². The van der Waals surface area contributed by atoms with E-state index in [9.17, 15) is 0 Å². The SMILES string of the molecule is [CH-]=O.[CH-]=O.[CH-]=O.[Zr+4].c1ccc2[cH-]ccc2c1. The fourth-order valence-electron chi connectivity index (χ4n) is 1.07. The van der Waals surface area contributed by atoms with Crippen molar-refractivity contribution in [1.29, 1.82) is 0 Å². The van der Waals surface area contributed by atoms with Gasteiger partial charge in [0.15, 0.2) is 0 Å². The Morgan fingerprint density at radius 2 is 1.31 bits per heavy atom. The zero-order valence-electron chi connectivity index (χ0n) is 8.50. The molecule has 0 spiro atoms. The van der Waals surface area contributed by atoms with Crippen LogP contribution in [0.2, 0.25) is 0 Å². The summed E-state index contributed by atoms with van der Waals surface area (Å²) in [6, 6.07) is 14.7. The van der Waals surface area contributed by atoms with Crippen molar-refractivity contribution in [3.8, 4) is 0 Å². The average Bonchev–Trinajstić information content (AvgIpc) is 2.85. The molecule has 0 amide bonds. The molecule has 0 aromatic heterocycles. The van der Waals surface area contributed by atoms with Crippen LogP contribution in [0.3, 0.4) is 0 Å². The van der Waals surface area contributed by atoms with Crippen LogP contribution in [0.4, 0.5) is 0 Å². The molecular weight excluding hydrogens is 283 g/mol. The number of hydrogen-bond acceptors (Lipinski definition) is 3. The van der Waals surface area contributed by atoms with Crippen LogP contribution in [-0.4, -0.2) is 20.4 Å². The standard InChI is InChI=1S/C9H7.3CHO.Zr/c1-2-5-9-7-3-6-8(9)4-1;3*1-2;/h1-7H;3*1H;/q4*-1;+4. The van der Waals surface area contributed by atoms with Crippen molar-refractivity contribution < 1.29 is 40.6 Å². The van der Waals surface area contributed by atoms with Crippen LogP contribution in [-0.2, 0) is 40.6 Å². The van der Waals surface area contributed by atoms with Gasteiger partial charge in [0, 0.05) is 0 Å². The molecule has 4 heteroatoms. The first-order valence-electron chi connectivity index (χ1n) is 3.78. The van der Waals surface area contributed by atoms with Gasteiger partial charge in [0.2, 0.25) is 0 Å². The third kappa shape index (κ3) is 7.07. The molecule has 0 N–H and O–H groups in total. The monoisotopic (exact) mass is 292 g/mol. The van der Waals surface area contributed by atoms with E-state index in [1.165, 1.54) is 10.8 Å². The Morgan fingerprint density at radius 3 is 1.81 bits per heavy atom. The van der Waals surface area contributed by atoms with E-state index in [0.717, 1.165) is 0 Å². The first-order valence-corrected chi connectivity index (χ1v) is 3.78. The van der Waals surface area contributed by atoms with Crippen molar-refractivity contribution >= 4 is 31.1 Å². The molecule has 2 aromatic carbocycles. The van der Waals surface area contributed by atoms with Gasteiger partial charge in [-0.3, -0.25) is 20.4 Å². The van der Waals surface area contributed by atoms with Crippen molar-refractivity contribution in [2.45, 2.75) is 0 Å². The number of benzene rings is 1. The molecule has 0 bridgehead atoms. The first-order chi connectivity index (χ1) is 7.47. The molecule has 80 valence electrons. The van der Waals surface area contributed by atoms with E-state index >= 15 is 0 Å². The number of fused-ring (bicyclic) bond motifs is 1. The maximum absolute atomic E-state index is 7.75. The molecule has 0 aliphatic heterocycles. The van der Waals surface area contributed by atoms with Crippen LogP contribution in [0.5, 0.6) is 0 Å². The Morgan fingerprint density at radius 1 is 0.812 bits per heavy atom. The Kier molecular flexibility index (Phi) is 20.4. The Balaban J connectivity index is -0.000000214. The van der Waals surface area contributed by atoms with E-state index in [0.29, 0.717) is 0 Å². The maximum Gasteiger partial charge on any atom is 4.00 e. The molecule has 2 rings (SSSR count). The van der Waals surface area contributed by atoms with E-state index < -0.39 is 0 Å². The summed E-state index contributed by atoms with van der Waals surface area (Å²) in [4.78, 5) is 23.2. The van der Waals surface area contributed by atoms with E-state index in [1.54, 1.807) is 0 Å². The molecule has 0 aliphatic carbocycles. The van der Waals surface area contributed by atoms with Gasteiger partial charge in [-0.15, -0.1) is 29.7 Å². The summed E-state index contributed by atoms with van der Waals surface area (Å²) in [7, 11) is 0. The minimum atomic E-state index is 0. The fraction of sp³-hybridized carbons (Fsp3) is 0. The summed E-state index contributed by atoms with van der Waals surface area (Å²) >= 11 is 0. The predicted octanol–water partition coefficient (Wildman–Crippen LogP) is 1.73. The predicted molar refractivity (Wildman–Crippen MR) is 59.8 cm³/mol. The van der Waals surface area contributed by atoms with Gasteiger partial charge in [-0.1, -0.05) is 6.07 Å². The van der Waals surface area contributed by atoms with Crippen LogP contribution in [0, 0.1) is 0 Å². The van der Waals surface area contributed by atoms with Gasteiger partial charge in [-0.2, -0.15) is 17.5 Å². The molecule has 3 nitrogen and oxygen atoms in total. The molecule has 0 unspecified atom stereocenters. The normalized spacial score (nSPS) is 6.50. The number of carbonyl (C=O) groups excluding carboxylic acids is 3. The van der Waals surface area contributed by atoms with Gasteiger partial charge < -0.3 is 14.4 Å². The smallest absolute Gasteiger partial charge is 0.545 e. The fourth-order valence-corrected chi connectivity index (χ4v) is 1.07. The van der Waals surface area contributed by atoms with Crippen LogP contribution in [0.15, 0.2) is 42.5 Å². The van der Waals surface area contributed by atoms with E-state index in [4.69, 9.17) is 14.4 Å². The van der Waals surface area contributed by atoms with Gasteiger partial charge in [-0.25, -0.2) is 0 Å². The second kappa shape index (κ2) is 16.2. The number of hydrogen-bond donors (Lipinski definition) is 0. The third-order valence-corrected chi connectivity index (χ3v) is 1.55. The summed E-state index contributed by atoms with van der Waals surface area (Å²) < 4.78 is 0. The zero-order valence-corrected chi connectivity index (χ0v) is 11.0. The van der Waals surface area contributed by atoms with Crippen LogP contribution in [0.1, 0.15) is 0 Å². The van der Waals surface area contributed by atoms with Crippen molar-refractivity contribution in [1.82, 2.24) is 0 Å². The van der Waals surface area contributed by atoms with Crippen molar-refractivity contribution in [2.24, 2.45) is 0 Å². The van der Waals surface area contributed by atoms with Crippen LogP contribution in [0.25, 0.3) is 10.8 Å². The van der Waals surface area contributed by atoms with Crippen molar-refractivity contribution in [2.75, 3.05) is 0 Å². The minimum absolute atomic E-state index is 0. The average molecular weight is 293 g/mol. The quantitative estimate of drug-likeness (QED) is 0.549. The molecule has 0 aliphatic rings. The second-order valence-electron chi connectivity index (χ2n) is 2.15. The summed E-state index contributed by atoms with van der Waals surface area (Å²) in [6.07, 6.45) is 0. The number of rotatable bonds is 0. The van der Waals surface area contributed by atoms with Crippen LogP contribution >= 0.6 is 0 Å². The molecular formula is C12H10O3Zr. The van der Waals surface area contributed by atoms with E-state index in [1.807, 2.05) is 0 Å². The van der Waals surface area contributed by atoms with E-state index in [-0.39, 0.29) is 26.2 Å². The summed E-state index contributed by atoms with van der Waals surface area (Å²) in [5, 5.41) is 2.66. The van der Waals surface area contributed by atoms with Crippen LogP contribution < -0.4 is 0 Å². The van der Waals surface area contributed by atoms with Gasteiger partial charge in [0.25, 0.3) is 0 Å². The largest absolute Gasteiger partial charge is 4.00 e. The molecule has 0 saturated carbocycles. The second-order valence-corrected chi connectivity index (χ2v) is 2.15. The van der Waals surface area contributed by atoms with E-state index in [2.05, 4.69) is 62.8 Å². The van der Waals surface area contributed by atoms with Crippen molar-refractivity contribution in [3.63, 3.8) is 0 Å². The molecule has 16 heavy (non-hydrogen) atoms. The molecule has 0 saturated heterocycles. The Hall–Kier alpha value is -1.28. The molecule has 2 aromatic rings. The summed E-state index contributed by atoms with van der Waals surface area (Å²) in [5.74, 6) is 0. The molecule has 0 radical (unpaired) electrons. The van der Waals surface area contributed by atoms with Gasteiger partial charge in [0.1, 0.15) is 0 Å². The summed E-state index contributed by atoms with van der Waals surface area (Å²) in [6.45, 7) is 9.75. The van der Waals surface area contributed by atoms with Crippen molar-refractivity contribution in [3.05, 3.63) is 42.5 Å². The maximum atomic E-state index is 7.75. The molecule has 0 fully saturated rings. The third-order valence-electron chi connectivity index (χ3n) is 1.55. The minimum Gasteiger partial charge on any atom is -0.545 e. The first kappa shape index (κ1) is 20.2. The zero-order chi connectivity index (χ0) is 12.1.